The SMILES string of the molecule is COc1ccc2nc(C)n(CN3CCN(C)CC3)c(=O)c2c1. The molecule has 118 valence electrons. The molecule has 0 aliphatic carbocycles. The number of fused-ring (bicyclic) bond motifs is 1. The van der Waals surface area contributed by atoms with Crippen molar-refractivity contribution in [3.05, 3.63) is 34.4 Å². The lowest BCUT2D eigenvalue weighted by molar-refractivity contribution is 0.122. The van der Waals surface area contributed by atoms with Crippen molar-refractivity contribution in [2.24, 2.45) is 0 Å². The van der Waals surface area contributed by atoms with Crippen LogP contribution in [0.4, 0.5) is 0 Å². The van der Waals surface area contributed by atoms with Crippen LogP contribution in [0.25, 0.3) is 10.9 Å². The number of hydrogen-bond acceptors (Lipinski definition) is 5. The monoisotopic (exact) mass is 302 g/mol. The molecular weight excluding hydrogens is 280 g/mol. The lowest BCUT2D eigenvalue weighted by Gasteiger charge is -2.32. The van der Waals surface area contributed by atoms with Crippen molar-refractivity contribution < 1.29 is 4.74 Å². The second kappa shape index (κ2) is 6.06. The molecule has 0 spiro atoms. The lowest BCUT2D eigenvalue weighted by atomic mass is 10.2. The van der Waals surface area contributed by atoms with Crippen molar-refractivity contribution in [1.29, 1.82) is 0 Å². The second-order valence-electron chi connectivity index (χ2n) is 5.84. The minimum Gasteiger partial charge on any atom is -0.497 e. The summed E-state index contributed by atoms with van der Waals surface area (Å²) in [6, 6.07) is 5.44. The van der Waals surface area contributed by atoms with Gasteiger partial charge in [0, 0.05) is 26.2 Å². The predicted molar refractivity (Wildman–Crippen MR) is 86.4 cm³/mol. The molecule has 1 aliphatic heterocycles. The molecule has 1 aromatic heterocycles. The van der Waals surface area contributed by atoms with Gasteiger partial charge in [0.05, 0.1) is 24.7 Å². The van der Waals surface area contributed by atoms with Crippen LogP contribution in [0.1, 0.15) is 5.82 Å². The second-order valence-corrected chi connectivity index (χ2v) is 5.84. The normalized spacial score (nSPS) is 17.0. The van der Waals surface area contributed by atoms with Crippen LogP contribution in [-0.4, -0.2) is 59.7 Å². The number of methoxy groups -OCH3 is 1. The third-order valence-corrected chi connectivity index (χ3v) is 4.29. The van der Waals surface area contributed by atoms with E-state index < -0.39 is 0 Å². The molecular formula is C16H22N4O2. The van der Waals surface area contributed by atoms with E-state index in [0.29, 0.717) is 17.8 Å². The third-order valence-electron chi connectivity index (χ3n) is 4.29. The summed E-state index contributed by atoms with van der Waals surface area (Å²) < 4.78 is 6.97. The van der Waals surface area contributed by atoms with Gasteiger partial charge < -0.3 is 9.64 Å². The van der Waals surface area contributed by atoms with Gasteiger partial charge in [0.25, 0.3) is 5.56 Å². The zero-order valence-electron chi connectivity index (χ0n) is 13.4. The number of piperazine rings is 1. The average Bonchev–Trinajstić information content (AvgIpc) is 2.53. The molecule has 1 fully saturated rings. The maximum absolute atomic E-state index is 12.8. The maximum atomic E-state index is 12.8. The highest BCUT2D eigenvalue weighted by Gasteiger charge is 2.16. The Labute approximate surface area is 129 Å². The van der Waals surface area contributed by atoms with E-state index in [1.807, 2.05) is 19.1 Å². The minimum atomic E-state index is 0.000304. The van der Waals surface area contributed by atoms with Gasteiger partial charge in [-0.1, -0.05) is 0 Å². The highest BCUT2D eigenvalue weighted by atomic mass is 16.5. The van der Waals surface area contributed by atoms with Crippen molar-refractivity contribution in [3.8, 4) is 5.75 Å². The number of aryl methyl sites for hydroxylation is 1. The molecule has 0 radical (unpaired) electrons. The first-order valence-corrected chi connectivity index (χ1v) is 7.54. The Morgan fingerprint density at radius 1 is 1.23 bits per heavy atom. The van der Waals surface area contributed by atoms with Crippen LogP contribution in [0, 0.1) is 6.92 Å². The Morgan fingerprint density at radius 2 is 1.95 bits per heavy atom. The van der Waals surface area contributed by atoms with E-state index in [1.54, 1.807) is 17.7 Å². The van der Waals surface area contributed by atoms with Crippen molar-refractivity contribution in [2.75, 3.05) is 40.3 Å². The van der Waals surface area contributed by atoms with Gasteiger partial charge in [-0.25, -0.2) is 4.98 Å². The van der Waals surface area contributed by atoms with Gasteiger partial charge in [-0.3, -0.25) is 14.3 Å². The number of benzene rings is 1. The minimum absolute atomic E-state index is 0.000304. The molecule has 6 heteroatoms. The molecule has 1 aromatic carbocycles. The molecule has 0 bridgehead atoms. The summed E-state index contributed by atoms with van der Waals surface area (Å²) in [5.41, 5.74) is 0.721. The summed E-state index contributed by atoms with van der Waals surface area (Å²) >= 11 is 0. The van der Waals surface area contributed by atoms with Gasteiger partial charge in [-0.2, -0.15) is 0 Å². The molecule has 6 nitrogen and oxygen atoms in total. The molecule has 1 saturated heterocycles. The standard InChI is InChI=1S/C16H22N4O2/c1-12-17-15-5-4-13(22-3)10-14(15)16(21)20(12)11-19-8-6-18(2)7-9-19/h4-5,10H,6-9,11H2,1-3H3. The van der Waals surface area contributed by atoms with Crippen LogP contribution >= 0.6 is 0 Å². The summed E-state index contributed by atoms with van der Waals surface area (Å²) in [6.07, 6.45) is 0. The fourth-order valence-corrected chi connectivity index (χ4v) is 2.79. The van der Waals surface area contributed by atoms with Gasteiger partial charge in [-0.05, 0) is 32.2 Å². The Kier molecular flexibility index (Phi) is 4.13. The zero-order chi connectivity index (χ0) is 15.7. The first-order chi connectivity index (χ1) is 10.6. The van der Waals surface area contributed by atoms with E-state index in [-0.39, 0.29) is 5.56 Å². The summed E-state index contributed by atoms with van der Waals surface area (Å²) in [4.78, 5) is 21.9. The van der Waals surface area contributed by atoms with E-state index in [0.717, 1.165) is 37.5 Å². The number of ether oxygens (including phenoxy) is 1. The molecule has 0 amide bonds. The van der Waals surface area contributed by atoms with E-state index in [9.17, 15) is 4.79 Å². The third kappa shape index (κ3) is 2.84. The lowest BCUT2D eigenvalue weighted by Crippen LogP contribution is -2.46. The largest absolute Gasteiger partial charge is 0.497 e. The van der Waals surface area contributed by atoms with E-state index in [4.69, 9.17) is 4.74 Å². The van der Waals surface area contributed by atoms with Crippen LogP contribution < -0.4 is 10.3 Å². The van der Waals surface area contributed by atoms with Crippen molar-refractivity contribution in [3.63, 3.8) is 0 Å². The molecule has 0 atom stereocenters. The van der Waals surface area contributed by atoms with E-state index in [2.05, 4.69) is 21.8 Å². The van der Waals surface area contributed by atoms with Crippen molar-refractivity contribution in [2.45, 2.75) is 13.6 Å². The van der Waals surface area contributed by atoms with E-state index >= 15 is 0 Å². The van der Waals surface area contributed by atoms with Crippen molar-refractivity contribution in [1.82, 2.24) is 19.4 Å². The zero-order valence-corrected chi connectivity index (χ0v) is 13.4. The fraction of sp³-hybridized carbons (Fsp3) is 0.500. The highest BCUT2D eigenvalue weighted by molar-refractivity contribution is 5.79. The molecule has 2 heterocycles. The van der Waals surface area contributed by atoms with Gasteiger partial charge >= 0.3 is 0 Å². The summed E-state index contributed by atoms with van der Waals surface area (Å²) in [5, 5.41) is 0.610. The summed E-state index contributed by atoms with van der Waals surface area (Å²) in [7, 11) is 3.73. The number of likely N-dealkylation sites (N-methyl/N-ethyl adjacent to an activating group) is 1. The topological polar surface area (TPSA) is 50.6 Å². The Morgan fingerprint density at radius 3 is 2.64 bits per heavy atom. The first-order valence-electron chi connectivity index (χ1n) is 7.54. The Hall–Kier alpha value is -1.92. The summed E-state index contributed by atoms with van der Waals surface area (Å²) in [5.74, 6) is 1.43. The van der Waals surface area contributed by atoms with Gasteiger partial charge in [0.1, 0.15) is 11.6 Å². The van der Waals surface area contributed by atoms with Crippen LogP contribution in [0.2, 0.25) is 0 Å². The number of hydrogen-bond donors (Lipinski definition) is 0. The molecule has 0 N–H and O–H groups in total. The summed E-state index contributed by atoms with van der Waals surface area (Å²) in [6.45, 7) is 6.49. The van der Waals surface area contributed by atoms with Gasteiger partial charge in [0.15, 0.2) is 0 Å². The van der Waals surface area contributed by atoms with Crippen LogP contribution in [0.3, 0.4) is 0 Å². The first kappa shape index (κ1) is 15.0. The van der Waals surface area contributed by atoms with Crippen LogP contribution in [-0.2, 0) is 6.67 Å². The molecule has 0 saturated carbocycles. The number of nitrogens with zero attached hydrogens (tertiary/aromatic N) is 4. The van der Waals surface area contributed by atoms with E-state index in [1.165, 1.54) is 0 Å². The fourth-order valence-electron chi connectivity index (χ4n) is 2.79. The molecule has 3 rings (SSSR count). The molecule has 2 aromatic rings. The van der Waals surface area contributed by atoms with Gasteiger partial charge in [-0.15, -0.1) is 0 Å². The average molecular weight is 302 g/mol. The molecule has 1 aliphatic rings. The molecule has 22 heavy (non-hydrogen) atoms. The van der Waals surface area contributed by atoms with Gasteiger partial charge in [0.2, 0.25) is 0 Å². The predicted octanol–water partition coefficient (Wildman–Crippen LogP) is 0.918. The Balaban J connectivity index is 1.96. The Bertz CT molecular complexity index is 733. The number of aromatic nitrogens is 2. The maximum Gasteiger partial charge on any atom is 0.262 e. The van der Waals surface area contributed by atoms with Crippen LogP contribution in [0.5, 0.6) is 5.75 Å². The molecule has 0 unspecified atom stereocenters. The highest BCUT2D eigenvalue weighted by Crippen LogP contribution is 2.17. The smallest absolute Gasteiger partial charge is 0.262 e. The van der Waals surface area contributed by atoms with Crippen molar-refractivity contribution >= 4 is 10.9 Å². The number of rotatable bonds is 3. The quantitative estimate of drug-likeness (QED) is 0.844. The van der Waals surface area contributed by atoms with Crippen LogP contribution in [0.15, 0.2) is 23.0 Å².